The van der Waals surface area contributed by atoms with Crippen LogP contribution in [0.15, 0.2) is 47.4 Å². The minimum Gasteiger partial charge on any atom is -0.279 e. The fourth-order valence-electron chi connectivity index (χ4n) is 3.13. The molecule has 0 aliphatic carbocycles. The quantitative estimate of drug-likeness (QED) is 0.507. The number of hydrogen-bond donors (Lipinski definition) is 0. The normalized spacial score (nSPS) is 11.7. The Kier molecular flexibility index (Phi) is 4.16. The first-order valence-corrected chi connectivity index (χ1v) is 9.39. The second kappa shape index (κ2) is 6.49. The van der Waals surface area contributed by atoms with E-state index in [4.69, 9.17) is 4.98 Å². The van der Waals surface area contributed by atoms with E-state index in [-0.39, 0.29) is 5.69 Å². The van der Waals surface area contributed by atoms with Crippen molar-refractivity contribution in [3.05, 3.63) is 58.6 Å². The molecule has 0 saturated carbocycles. The number of hydrogen-bond acceptors (Lipinski definition) is 5. The van der Waals surface area contributed by atoms with E-state index < -0.39 is 0 Å². The lowest BCUT2D eigenvalue weighted by molar-refractivity contribution is 0.650. The summed E-state index contributed by atoms with van der Waals surface area (Å²) in [6, 6.07) is 3.73. The first-order chi connectivity index (χ1) is 12.6. The molecule has 132 valence electrons. The first kappa shape index (κ1) is 16.7. The van der Waals surface area contributed by atoms with E-state index in [1.807, 2.05) is 12.1 Å². The SMILES string of the molecule is C=CCn1c(=O)n2nc(-c3cccnc3)nc2c2c(CC(C)C)csc21. The highest BCUT2D eigenvalue weighted by molar-refractivity contribution is 7.17. The lowest BCUT2D eigenvalue weighted by Crippen LogP contribution is -2.27. The van der Waals surface area contributed by atoms with Crippen molar-refractivity contribution in [3.8, 4) is 11.4 Å². The summed E-state index contributed by atoms with van der Waals surface area (Å²) < 4.78 is 3.12. The van der Waals surface area contributed by atoms with E-state index in [1.165, 1.54) is 10.1 Å². The smallest absolute Gasteiger partial charge is 0.279 e. The Morgan fingerprint density at radius 1 is 1.38 bits per heavy atom. The van der Waals surface area contributed by atoms with Crippen LogP contribution in [-0.2, 0) is 13.0 Å². The van der Waals surface area contributed by atoms with Gasteiger partial charge in [0.2, 0.25) is 0 Å². The number of fused-ring (bicyclic) bond motifs is 3. The van der Waals surface area contributed by atoms with Gasteiger partial charge in [-0.2, -0.15) is 4.52 Å². The molecule has 0 spiro atoms. The van der Waals surface area contributed by atoms with Gasteiger partial charge >= 0.3 is 5.69 Å². The molecule has 4 heterocycles. The van der Waals surface area contributed by atoms with E-state index in [0.29, 0.717) is 23.9 Å². The van der Waals surface area contributed by atoms with Crippen LogP contribution >= 0.6 is 11.3 Å². The van der Waals surface area contributed by atoms with Gasteiger partial charge in [0.15, 0.2) is 11.5 Å². The standard InChI is InChI=1S/C19H19N5OS/c1-4-8-23-18-15(14(11-26-18)9-12(2)3)17-21-16(22-24(17)19(23)25)13-6-5-7-20-10-13/h4-7,10-12H,1,8-9H2,2-3H3. The minimum atomic E-state index is -0.201. The topological polar surface area (TPSA) is 65.1 Å². The molecule has 4 rings (SSSR count). The van der Waals surface area contributed by atoms with Crippen LogP contribution in [0.5, 0.6) is 0 Å². The van der Waals surface area contributed by atoms with Gasteiger partial charge in [-0.1, -0.05) is 19.9 Å². The average Bonchev–Trinajstić information content (AvgIpc) is 3.23. The Morgan fingerprint density at radius 2 is 2.23 bits per heavy atom. The maximum absolute atomic E-state index is 13.0. The minimum absolute atomic E-state index is 0.201. The Labute approximate surface area is 154 Å². The van der Waals surface area contributed by atoms with E-state index in [1.54, 1.807) is 34.4 Å². The van der Waals surface area contributed by atoms with Crippen LogP contribution in [-0.4, -0.2) is 24.1 Å². The third kappa shape index (κ3) is 2.64. The van der Waals surface area contributed by atoms with Gasteiger partial charge in [-0.05, 0) is 35.4 Å². The molecule has 0 amide bonds. The molecular weight excluding hydrogens is 346 g/mol. The van der Waals surface area contributed by atoms with Crippen molar-refractivity contribution < 1.29 is 0 Å². The Bertz CT molecular complexity index is 1150. The van der Waals surface area contributed by atoms with Crippen LogP contribution in [0.3, 0.4) is 0 Å². The van der Waals surface area contributed by atoms with Gasteiger partial charge in [0.1, 0.15) is 4.83 Å². The molecule has 0 saturated heterocycles. The van der Waals surface area contributed by atoms with Gasteiger partial charge in [-0.15, -0.1) is 23.0 Å². The van der Waals surface area contributed by atoms with Gasteiger partial charge in [0, 0.05) is 24.5 Å². The van der Waals surface area contributed by atoms with Crippen molar-refractivity contribution in [3.63, 3.8) is 0 Å². The second-order valence-corrected chi connectivity index (χ2v) is 7.49. The first-order valence-electron chi connectivity index (χ1n) is 8.51. The summed E-state index contributed by atoms with van der Waals surface area (Å²) in [6.45, 7) is 8.59. The van der Waals surface area contributed by atoms with Crippen molar-refractivity contribution >= 4 is 27.2 Å². The summed E-state index contributed by atoms with van der Waals surface area (Å²) in [5.74, 6) is 1.02. The van der Waals surface area contributed by atoms with Gasteiger partial charge in [0.05, 0.1) is 5.39 Å². The number of allylic oxidation sites excluding steroid dienone is 1. The van der Waals surface area contributed by atoms with E-state index in [0.717, 1.165) is 22.2 Å². The molecule has 6 nitrogen and oxygen atoms in total. The highest BCUT2D eigenvalue weighted by Gasteiger charge is 2.20. The predicted molar refractivity (Wildman–Crippen MR) is 105 cm³/mol. The maximum atomic E-state index is 13.0. The molecule has 0 atom stereocenters. The molecular formula is C19H19N5OS. The van der Waals surface area contributed by atoms with Crippen LogP contribution < -0.4 is 5.69 Å². The molecule has 0 aliphatic heterocycles. The molecule has 0 unspecified atom stereocenters. The summed E-state index contributed by atoms with van der Waals surface area (Å²) in [7, 11) is 0. The van der Waals surface area contributed by atoms with E-state index in [2.05, 4.69) is 35.9 Å². The van der Waals surface area contributed by atoms with Crippen molar-refractivity contribution in [2.45, 2.75) is 26.8 Å². The van der Waals surface area contributed by atoms with Gasteiger partial charge in [-0.25, -0.2) is 9.78 Å². The number of thiophene rings is 1. The molecule has 0 radical (unpaired) electrons. The van der Waals surface area contributed by atoms with Crippen LogP contribution in [0.4, 0.5) is 0 Å². The lowest BCUT2D eigenvalue weighted by Gasteiger charge is -2.07. The molecule has 0 aliphatic rings. The Morgan fingerprint density at radius 3 is 2.92 bits per heavy atom. The summed E-state index contributed by atoms with van der Waals surface area (Å²) >= 11 is 1.58. The molecule has 0 aromatic carbocycles. The summed E-state index contributed by atoms with van der Waals surface area (Å²) in [6.07, 6.45) is 6.07. The number of nitrogens with zero attached hydrogens (tertiary/aromatic N) is 5. The summed E-state index contributed by atoms with van der Waals surface area (Å²) in [4.78, 5) is 22.7. The van der Waals surface area contributed by atoms with Crippen LogP contribution in [0, 0.1) is 5.92 Å². The van der Waals surface area contributed by atoms with Crippen molar-refractivity contribution in [2.75, 3.05) is 0 Å². The molecule has 7 heteroatoms. The van der Waals surface area contributed by atoms with Crippen molar-refractivity contribution in [1.29, 1.82) is 0 Å². The summed E-state index contributed by atoms with van der Waals surface area (Å²) in [5, 5.41) is 7.61. The molecule has 26 heavy (non-hydrogen) atoms. The predicted octanol–water partition coefficient (Wildman–Crippen LogP) is 3.55. The maximum Gasteiger partial charge on any atom is 0.352 e. The highest BCUT2D eigenvalue weighted by Crippen LogP contribution is 2.30. The van der Waals surface area contributed by atoms with Crippen molar-refractivity contribution in [2.24, 2.45) is 5.92 Å². The average molecular weight is 365 g/mol. The third-order valence-electron chi connectivity index (χ3n) is 4.20. The zero-order valence-corrected chi connectivity index (χ0v) is 15.5. The third-order valence-corrected chi connectivity index (χ3v) is 5.25. The van der Waals surface area contributed by atoms with Gasteiger partial charge < -0.3 is 0 Å². The zero-order valence-electron chi connectivity index (χ0n) is 14.7. The zero-order chi connectivity index (χ0) is 18.3. The fraction of sp³-hybridized carbons (Fsp3) is 0.263. The summed E-state index contributed by atoms with van der Waals surface area (Å²) in [5.41, 5.74) is 2.40. The second-order valence-electron chi connectivity index (χ2n) is 6.63. The Hall–Kier alpha value is -2.80. The van der Waals surface area contributed by atoms with Gasteiger partial charge in [0.25, 0.3) is 0 Å². The number of rotatable bonds is 5. The van der Waals surface area contributed by atoms with E-state index in [9.17, 15) is 4.79 Å². The van der Waals surface area contributed by atoms with Gasteiger partial charge in [-0.3, -0.25) is 9.55 Å². The number of aromatic nitrogens is 5. The molecule has 0 bridgehead atoms. The molecule has 4 aromatic rings. The largest absolute Gasteiger partial charge is 0.352 e. The van der Waals surface area contributed by atoms with Crippen molar-refractivity contribution in [1.82, 2.24) is 24.1 Å². The highest BCUT2D eigenvalue weighted by atomic mass is 32.1. The van der Waals surface area contributed by atoms with Crippen LogP contribution in [0.1, 0.15) is 19.4 Å². The lowest BCUT2D eigenvalue weighted by atomic mass is 10.0. The monoisotopic (exact) mass is 365 g/mol. The van der Waals surface area contributed by atoms with E-state index >= 15 is 0 Å². The molecule has 0 fully saturated rings. The number of pyridine rings is 1. The fourth-order valence-corrected chi connectivity index (χ4v) is 4.21. The molecule has 0 N–H and O–H groups in total. The Balaban J connectivity index is 2.08. The van der Waals surface area contributed by atoms with Crippen LogP contribution in [0.2, 0.25) is 0 Å². The van der Waals surface area contributed by atoms with Crippen LogP contribution in [0.25, 0.3) is 27.3 Å². The molecule has 4 aromatic heterocycles.